The van der Waals surface area contributed by atoms with E-state index in [0.717, 1.165) is 53.0 Å². The number of benzene rings is 2. The Kier molecular flexibility index (Phi) is 5.94. The van der Waals surface area contributed by atoms with Crippen LogP contribution in [0.2, 0.25) is 0 Å². The number of aromatic nitrogens is 2. The average Bonchev–Trinajstić information content (AvgIpc) is 3.21. The topological polar surface area (TPSA) is 61.0 Å². The predicted molar refractivity (Wildman–Crippen MR) is 115 cm³/mol. The van der Waals surface area contributed by atoms with E-state index in [1.165, 1.54) is 12.1 Å². The van der Waals surface area contributed by atoms with Gasteiger partial charge in [0, 0.05) is 29.7 Å². The molecule has 0 aliphatic carbocycles. The van der Waals surface area contributed by atoms with Crippen molar-refractivity contribution in [3.63, 3.8) is 0 Å². The molecule has 3 aromatic rings. The molecule has 0 radical (unpaired) electrons. The summed E-state index contributed by atoms with van der Waals surface area (Å²) in [5, 5.41) is 10.6. The van der Waals surface area contributed by atoms with Gasteiger partial charge in [-0.05, 0) is 60.4 Å². The summed E-state index contributed by atoms with van der Waals surface area (Å²) in [6.45, 7) is 1.62. The quantitative estimate of drug-likeness (QED) is 0.601. The number of amides is 1. The fraction of sp³-hybridized carbons (Fsp3) is 0.273. The Labute approximate surface area is 177 Å². The number of nitrogens with zero attached hydrogens (tertiary/aromatic N) is 2. The number of nitrogens with one attached hydrogen (secondary N) is 2. The molecule has 2 heterocycles. The summed E-state index contributed by atoms with van der Waals surface area (Å²) in [5.74, 6) is 0.621. The summed E-state index contributed by atoms with van der Waals surface area (Å²) in [5.41, 5.74) is 2.73. The van der Waals surface area contributed by atoms with Crippen molar-refractivity contribution in [1.29, 1.82) is 0 Å². The molecule has 0 saturated carbocycles. The lowest BCUT2D eigenvalue weighted by Crippen LogP contribution is -2.48. The summed E-state index contributed by atoms with van der Waals surface area (Å²) < 4.78 is 14.1. The van der Waals surface area contributed by atoms with Crippen LogP contribution in [-0.2, 0) is 11.2 Å². The highest BCUT2D eigenvalue weighted by Gasteiger charge is 2.23. The van der Waals surface area contributed by atoms with Gasteiger partial charge in [-0.3, -0.25) is 9.89 Å². The molecule has 1 aliphatic rings. The number of carbonyl (C=O) groups is 1. The molecule has 29 heavy (non-hydrogen) atoms. The van der Waals surface area contributed by atoms with Crippen LogP contribution in [0.3, 0.4) is 0 Å². The van der Waals surface area contributed by atoms with Gasteiger partial charge in [-0.15, -0.1) is 0 Å². The Morgan fingerprint density at radius 3 is 2.72 bits per heavy atom. The van der Waals surface area contributed by atoms with Crippen LogP contribution in [0.5, 0.6) is 0 Å². The Morgan fingerprint density at radius 1 is 1.21 bits per heavy atom. The molecule has 150 valence electrons. The van der Waals surface area contributed by atoms with Crippen LogP contribution < -0.4 is 10.2 Å². The third-order valence-electron chi connectivity index (χ3n) is 5.11. The van der Waals surface area contributed by atoms with Crippen LogP contribution in [0.1, 0.15) is 18.4 Å². The fourth-order valence-corrected chi connectivity index (χ4v) is 3.88. The number of rotatable bonds is 5. The van der Waals surface area contributed by atoms with Crippen LogP contribution in [0, 0.1) is 5.82 Å². The highest BCUT2D eigenvalue weighted by atomic mass is 79.9. The van der Waals surface area contributed by atoms with Gasteiger partial charge in [0.15, 0.2) is 5.82 Å². The Bertz CT molecular complexity index is 971. The van der Waals surface area contributed by atoms with Gasteiger partial charge < -0.3 is 10.2 Å². The average molecular weight is 457 g/mol. The molecular formula is C22H22BrFN4O. The third-order valence-corrected chi connectivity index (χ3v) is 5.64. The van der Waals surface area contributed by atoms with Gasteiger partial charge in [0.1, 0.15) is 5.82 Å². The maximum Gasteiger partial charge on any atom is 0.224 e. The van der Waals surface area contributed by atoms with E-state index in [-0.39, 0.29) is 17.8 Å². The molecule has 1 aromatic heterocycles. The van der Waals surface area contributed by atoms with Gasteiger partial charge in [0.25, 0.3) is 0 Å². The molecule has 1 amide bonds. The zero-order valence-corrected chi connectivity index (χ0v) is 17.5. The number of carbonyl (C=O) groups excluding carboxylic acids is 1. The minimum atomic E-state index is -0.258. The molecule has 5 nitrogen and oxygen atoms in total. The number of aromatic amines is 1. The number of piperidine rings is 1. The molecule has 0 spiro atoms. The summed E-state index contributed by atoms with van der Waals surface area (Å²) in [6, 6.07) is 16.2. The first-order chi connectivity index (χ1) is 14.1. The van der Waals surface area contributed by atoms with Gasteiger partial charge >= 0.3 is 0 Å². The summed E-state index contributed by atoms with van der Waals surface area (Å²) in [7, 11) is 0. The van der Waals surface area contributed by atoms with E-state index >= 15 is 0 Å². The first-order valence-electron chi connectivity index (χ1n) is 9.67. The summed E-state index contributed by atoms with van der Waals surface area (Å²) in [4.78, 5) is 14.6. The third kappa shape index (κ3) is 5.03. The van der Waals surface area contributed by atoms with Gasteiger partial charge in [-0.2, -0.15) is 5.10 Å². The highest BCUT2D eigenvalue weighted by molar-refractivity contribution is 9.10. The maximum absolute atomic E-state index is 13.1. The van der Waals surface area contributed by atoms with Crippen molar-refractivity contribution in [1.82, 2.24) is 15.5 Å². The van der Waals surface area contributed by atoms with E-state index in [1.807, 2.05) is 30.3 Å². The molecular weight excluding hydrogens is 435 g/mol. The molecule has 0 bridgehead atoms. The largest absolute Gasteiger partial charge is 0.353 e. The van der Waals surface area contributed by atoms with Crippen molar-refractivity contribution in [2.45, 2.75) is 25.3 Å². The first-order valence-corrected chi connectivity index (χ1v) is 10.5. The normalized spacial score (nSPS) is 16.6. The van der Waals surface area contributed by atoms with Crippen molar-refractivity contribution in [2.24, 2.45) is 0 Å². The SMILES string of the molecule is O=C(Cc1ccc(Br)cc1)NC1CCCN(c2cc(-c3ccc(F)cc3)[nH]n2)C1. The second kappa shape index (κ2) is 8.78. The fourth-order valence-electron chi connectivity index (χ4n) is 3.62. The lowest BCUT2D eigenvalue weighted by atomic mass is 10.0. The Hall–Kier alpha value is -2.67. The van der Waals surface area contributed by atoms with E-state index < -0.39 is 0 Å². The molecule has 1 aliphatic heterocycles. The van der Waals surface area contributed by atoms with Crippen molar-refractivity contribution in [3.8, 4) is 11.3 Å². The van der Waals surface area contributed by atoms with E-state index in [2.05, 4.69) is 36.3 Å². The van der Waals surface area contributed by atoms with Gasteiger partial charge in [0.05, 0.1) is 12.1 Å². The van der Waals surface area contributed by atoms with Crippen LogP contribution in [0.25, 0.3) is 11.3 Å². The second-order valence-electron chi connectivity index (χ2n) is 7.30. The molecule has 1 unspecified atom stereocenters. The first kappa shape index (κ1) is 19.6. The second-order valence-corrected chi connectivity index (χ2v) is 8.22. The Morgan fingerprint density at radius 2 is 1.97 bits per heavy atom. The molecule has 4 rings (SSSR count). The molecule has 7 heteroatoms. The number of hydrogen-bond acceptors (Lipinski definition) is 3. The minimum Gasteiger partial charge on any atom is -0.353 e. The van der Waals surface area contributed by atoms with Gasteiger partial charge in [0.2, 0.25) is 5.91 Å². The van der Waals surface area contributed by atoms with Crippen molar-refractivity contribution < 1.29 is 9.18 Å². The summed E-state index contributed by atoms with van der Waals surface area (Å²) in [6.07, 6.45) is 2.32. The van der Waals surface area contributed by atoms with Gasteiger partial charge in [-0.1, -0.05) is 28.1 Å². The molecule has 2 N–H and O–H groups in total. The van der Waals surface area contributed by atoms with Crippen LogP contribution >= 0.6 is 15.9 Å². The molecule has 1 fully saturated rings. The number of halogens is 2. The highest BCUT2D eigenvalue weighted by Crippen LogP contribution is 2.24. The monoisotopic (exact) mass is 456 g/mol. The summed E-state index contributed by atoms with van der Waals surface area (Å²) >= 11 is 3.41. The van der Waals surface area contributed by atoms with E-state index in [1.54, 1.807) is 12.1 Å². The molecule has 2 aromatic carbocycles. The van der Waals surface area contributed by atoms with E-state index in [9.17, 15) is 9.18 Å². The van der Waals surface area contributed by atoms with Crippen molar-refractivity contribution in [2.75, 3.05) is 18.0 Å². The minimum absolute atomic E-state index is 0.0354. The molecule has 1 saturated heterocycles. The smallest absolute Gasteiger partial charge is 0.224 e. The van der Waals surface area contributed by atoms with Crippen molar-refractivity contribution in [3.05, 3.63) is 70.5 Å². The Balaban J connectivity index is 1.36. The zero-order chi connectivity index (χ0) is 20.2. The van der Waals surface area contributed by atoms with Crippen LogP contribution in [0.4, 0.5) is 10.2 Å². The van der Waals surface area contributed by atoms with Crippen LogP contribution in [0.15, 0.2) is 59.1 Å². The maximum atomic E-state index is 13.1. The molecule has 1 atom stereocenters. The zero-order valence-electron chi connectivity index (χ0n) is 15.9. The number of H-pyrrole nitrogens is 1. The lowest BCUT2D eigenvalue weighted by Gasteiger charge is -2.33. The lowest BCUT2D eigenvalue weighted by molar-refractivity contribution is -0.121. The predicted octanol–water partition coefficient (Wildman–Crippen LogP) is 4.31. The van der Waals surface area contributed by atoms with E-state index in [4.69, 9.17) is 0 Å². The van der Waals surface area contributed by atoms with Crippen molar-refractivity contribution >= 4 is 27.7 Å². The van der Waals surface area contributed by atoms with E-state index in [0.29, 0.717) is 6.42 Å². The van der Waals surface area contributed by atoms with Gasteiger partial charge in [-0.25, -0.2) is 4.39 Å². The number of hydrogen-bond donors (Lipinski definition) is 2. The standard InChI is InChI=1S/C22H22BrFN4O/c23-17-7-3-15(4-8-17)12-22(29)25-19-2-1-11-28(14-19)21-13-20(26-27-21)16-5-9-18(24)10-6-16/h3-10,13,19H,1-2,11-12,14H2,(H,25,29)(H,26,27). The number of anilines is 1. The van der Waals surface area contributed by atoms with Crippen LogP contribution in [-0.4, -0.2) is 35.2 Å².